The van der Waals surface area contributed by atoms with E-state index in [-0.39, 0.29) is 12.8 Å². The zero-order valence-electron chi connectivity index (χ0n) is 7.86. The van der Waals surface area contributed by atoms with Crippen LogP contribution in [0, 0.1) is 5.92 Å². The molecule has 13 heavy (non-hydrogen) atoms. The van der Waals surface area contributed by atoms with Crippen molar-refractivity contribution >= 4 is 11.9 Å². The van der Waals surface area contributed by atoms with Crippen molar-refractivity contribution in [3.8, 4) is 0 Å². The maximum absolute atomic E-state index is 9.64. The molecule has 0 aromatic rings. The number of hydrogen-bond donors (Lipinski definition) is 3. The standard InChI is InChI=1S/C4H6O4.C4H10O/c5-3(6)1-2-4(7)8;1-4(2)3-5/h1-2H2,(H,5,6)(H,7,8);4-5H,3H2,1-2H3. The fourth-order valence-corrected chi connectivity index (χ4v) is 0.214. The minimum Gasteiger partial charge on any atom is -0.481 e. The first-order chi connectivity index (χ1) is 5.90. The van der Waals surface area contributed by atoms with Crippen LogP contribution < -0.4 is 0 Å². The topological polar surface area (TPSA) is 94.8 Å². The minimum absolute atomic E-state index is 0.296. The molecule has 0 atom stereocenters. The van der Waals surface area contributed by atoms with E-state index >= 15 is 0 Å². The molecule has 0 radical (unpaired) electrons. The Hall–Kier alpha value is -1.10. The van der Waals surface area contributed by atoms with Gasteiger partial charge in [-0.05, 0) is 5.92 Å². The number of aliphatic hydroxyl groups is 1. The number of aliphatic carboxylic acids is 2. The van der Waals surface area contributed by atoms with Crippen LogP contribution in [0.4, 0.5) is 0 Å². The summed E-state index contributed by atoms with van der Waals surface area (Å²) in [4.78, 5) is 19.3. The van der Waals surface area contributed by atoms with Gasteiger partial charge >= 0.3 is 11.9 Å². The fraction of sp³-hybridized carbons (Fsp3) is 0.750. The molecule has 78 valence electrons. The van der Waals surface area contributed by atoms with Gasteiger partial charge < -0.3 is 15.3 Å². The highest BCUT2D eigenvalue weighted by Crippen LogP contribution is 1.86. The first-order valence-electron chi connectivity index (χ1n) is 3.94. The minimum atomic E-state index is -1.08. The van der Waals surface area contributed by atoms with Crippen LogP contribution in [0.3, 0.4) is 0 Å². The second-order valence-electron chi connectivity index (χ2n) is 2.86. The molecular weight excluding hydrogens is 176 g/mol. The number of rotatable bonds is 4. The number of carboxylic acid groups (broad SMARTS) is 2. The van der Waals surface area contributed by atoms with Crippen molar-refractivity contribution in [1.82, 2.24) is 0 Å². The maximum atomic E-state index is 9.64. The van der Waals surface area contributed by atoms with E-state index in [1.54, 1.807) is 0 Å². The average molecular weight is 192 g/mol. The second kappa shape index (κ2) is 8.99. The summed E-state index contributed by atoms with van der Waals surface area (Å²) in [6.45, 7) is 4.25. The Morgan fingerprint density at radius 2 is 1.31 bits per heavy atom. The van der Waals surface area contributed by atoms with Crippen molar-refractivity contribution in [3.63, 3.8) is 0 Å². The van der Waals surface area contributed by atoms with Crippen molar-refractivity contribution in [1.29, 1.82) is 0 Å². The molecule has 0 fully saturated rings. The Kier molecular flexibility index (Phi) is 9.98. The fourth-order valence-electron chi connectivity index (χ4n) is 0.214. The van der Waals surface area contributed by atoms with Crippen LogP contribution in [0.1, 0.15) is 26.7 Å². The molecule has 0 heterocycles. The SMILES string of the molecule is CC(C)CO.O=C(O)CCC(=O)O. The Labute approximate surface area is 77.0 Å². The molecule has 0 bridgehead atoms. The van der Waals surface area contributed by atoms with Crippen LogP contribution in [0.25, 0.3) is 0 Å². The Bertz CT molecular complexity index is 139. The summed E-state index contributed by atoms with van der Waals surface area (Å²) in [5.74, 6) is -1.71. The van der Waals surface area contributed by atoms with E-state index in [1.807, 2.05) is 13.8 Å². The predicted octanol–water partition coefficient (Wildman–Crippen LogP) is 0.571. The lowest BCUT2D eigenvalue weighted by molar-refractivity contribution is -0.143. The molecule has 0 aliphatic rings. The molecule has 0 spiro atoms. The Morgan fingerprint density at radius 3 is 1.38 bits per heavy atom. The summed E-state index contributed by atoms with van der Waals surface area (Å²) in [6, 6.07) is 0. The van der Waals surface area contributed by atoms with Crippen molar-refractivity contribution in [2.75, 3.05) is 6.61 Å². The van der Waals surface area contributed by atoms with E-state index in [4.69, 9.17) is 15.3 Å². The third-order valence-electron chi connectivity index (χ3n) is 0.918. The maximum Gasteiger partial charge on any atom is 0.303 e. The zero-order valence-corrected chi connectivity index (χ0v) is 7.86. The van der Waals surface area contributed by atoms with Crippen molar-refractivity contribution in [2.24, 2.45) is 5.92 Å². The lowest BCUT2D eigenvalue weighted by atomic mass is 10.2. The van der Waals surface area contributed by atoms with Gasteiger partial charge in [-0.2, -0.15) is 0 Å². The molecule has 0 rings (SSSR count). The van der Waals surface area contributed by atoms with E-state index in [1.165, 1.54) is 0 Å². The highest BCUT2D eigenvalue weighted by atomic mass is 16.4. The van der Waals surface area contributed by atoms with Gasteiger partial charge in [0.1, 0.15) is 0 Å². The number of hydrogen-bond acceptors (Lipinski definition) is 3. The highest BCUT2D eigenvalue weighted by molar-refractivity contribution is 5.75. The van der Waals surface area contributed by atoms with Crippen molar-refractivity contribution in [3.05, 3.63) is 0 Å². The lowest BCUT2D eigenvalue weighted by Crippen LogP contribution is -2.00. The summed E-state index contributed by atoms with van der Waals surface area (Å²) >= 11 is 0. The number of carboxylic acids is 2. The van der Waals surface area contributed by atoms with Crippen LogP contribution in [0.2, 0.25) is 0 Å². The monoisotopic (exact) mass is 192 g/mol. The smallest absolute Gasteiger partial charge is 0.303 e. The van der Waals surface area contributed by atoms with E-state index in [0.717, 1.165) is 0 Å². The van der Waals surface area contributed by atoms with Gasteiger partial charge in [-0.1, -0.05) is 13.8 Å². The van der Waals surface area contributed by atoms with Gasteiger partial charge in [0, 0.05) is 6.61 Å². The van der Waals surface area contributed by atoms with Crippen LogP contribution in [-0.2, 0) is 9.59 Å². The molecule has 5 heteroatoms. The van der Waals surface area contributed by atoms with E-state index in [9.17, 15) is 9.59 Å². The number of carbonyl (C=O) groups is 2. The summed E-state index contributed by atoms with van der Waals surface area (Å²) in [7, 11) is 0. The first kappa shape index (κ1) is 14.4. The van der Waals surface area contributed by atoms with Crippen LogP contribution in [0.5, 0.6) is 0 Å². The van der Waals surface area contributed by atoms with E-state index in [0.29, 0.717) is 12.5 Å². The first-order valence-corrected chi connectivity index (χ1v) is 3.94. The third kappa shape index (κ3) is 24.8. The lowest BCUT2D eigenvalue weighted by Gasteiger charge is -1.90. The summed E-state index contributed by atoms with van der Waals surface area (Å²) in [6.07, 6.45) is -0.593. The normalized spacial score (nSPS) is 8.92. The van der Waals surface area contributed by atoms with E-state index < -0.39 is 11.9 Å². The van der Waals surface area contributed by atoms with E-state index in [2.05, 4.69) is 0 Å². The summed E-state index contributed by atoms with van der Waals surface area (Å²) < 4.78 is 0. The molecule has 0 aromatic heterocycles. The largest absolute Gasteiger partial charge is 0.481 e. The molecule has 0 aromatic carbocycles. The van der Waals surface area contributed by atoms with Gasteiger partial charge in [-0.15, -0.1) is 0 Å². The quantitative estimate of drug-likeness (QED) is 0.605. The van der Waals surface area contributed by atoms with Gasteiger partial charge in [0.05, 0.1) is 12.8 Å². The van der Waals surface area contributed by atoms with Gasteiger partial charge in [-0.3, -0.25) is 9.59 Å². The second-order valence-corrected chi connectivity index (χ2v) is 2.86. The predicted molar refractivity (Wildman–Crippen MR) is 46.4 cm³/mol. The molecule has 0 aliphatic heterocycles. The highest BCUT2D eigenvalue weighted by Gasteiger charge is 2.00. The van der Waals surface area contributed by atoms with Gasteiger partial charge in [0.25, 0.3) is 0 Å². The Morgan fingerprint density at radius 1 is 1.08 bits per heavy atom. The molecule has 0 aliphatic carbocycles. The molecule has 5 nitrogen and oxygen atoms in total. The van der Waals surface area contributed by atoms with Crippen LogP contribution in [0.15, 0.2) is 0 Å². The van der Waals surface area contributed by atoms with Gasteiger partial charge in [0.15, 0.2) is 0 Å². The zero-order chi connectivity index (χ0) is 10.9. The van der Waals surface area contributed by atoms with Gasteiger partial charge in [0.2, 0.25) is 0 Å². The summed E-state index contributed by atoms with van der Waals surface area (Å²) in [5.41, 5.74) is 0. The van der Waals surface area contributed by atoms with Crippen LogP contribution in [-0.4, -0.2) is 33.9 Å². The molecule has 3 N–H and O–H groups in total. The van der Waals surface area contributed by atoms with Crippen LogP contribution >= 0.6 is 0 Å². The number of aliphatic hydroxyl groups excluding tert-OH is 1. The molecule has 0 saturated carbocycles. The third-order valence-corrected chi connectivity index (χ3v) is 0.918. The van der Waals surface area contributed by atoms with Crippen molar-refractivity contribution < 1.29 is 24.9 Å². The average Bonchev–Trinajstić information content (AvgIpc) is 2.02. The molecule has 0 saturated heterocycles. The van der Waals surface area contributed by atoms with Crippen molar-refractivity contribution in [2.45, 2.75) is 26.7 Å². The molecule has 0 amide bonds. The summed E-state index contributed by atoms with van der Waals surface area (Å²) in [5, 5.41) is 23.9. The Balaban J connectivity index is 0. The van der Waals surface area contributed by atoms with Gasteiger partial charge in [-0.25, -0.2) is 0 Å². The molecule has 0 unspecified atom stereocenters. The molecular formula is C8H16O5.